The molecule has 5 heteroatoms. The fraction of sp³-hybridized carbons (Fsp3) is 0.889. The lowest BCUT2D eigenvalue weighted by Crippen LogP contribution is -2.37. The summed E-state index contributed by atoms with van der Waals surface area (Å²) in [4.78, 5) is 6.40. The van der Waals surface area contributed by atoms with Gasteiger partial charge in [0.2, 0.25) is 0 Å². The second kappa shape index (κ2) is 9.89. The number of nitrogens with zero attached hydrogens (tertiary/aromatic N) is 2. The van der Waals surface area contributed by atoms with Gasteiger partial charge in [-0.05, 0) is 20.1 Å². The number of guanidine groups is 1. The molecule has 0 bridgehead atoms. The largest absolute Gasteiger partial charge is 0.370 e. The molecule has 0 radical (unpaired) electrons. The zero-order chi connectivity index (χ0) is 10.3. The predicted molar refractivity (Wildman–Crippen MR) is 77.8 cm³/mol. The maximum atomic E-state index is 5.81. The number of hydrogen-bond donors (Lipinski definition) is 1. The molecule has 0 aliphatic carbocycles. The third-order valence-corrected chi connectivity index (χ3v) is 2.95. The minimum Gasteiger partial charge on any atom is -0.370 e. The molecule has 14 heavy (non-hydrogen) atoms. The van der Waals surface area contributed by atoms with Crippen LogP contribution in [0.4, 0.5) is 0 Å². The highest BCUT2D eigenvalue weighted by atomic mass is 127. The summed E-state index contributed by atoms with van der Waals surface area (Å²) in [5.41, 5.74) is 5.81. The average Bonchev–Trinajstić information content (AvgIpc) is 2.16. The lowest BCUT2D eigenvalue weighted by atomic mass is 10.5. The first-order valence-electron chi connectivity index (χ1n) is 4.73. The van der Waals surface area contributed by atoms with Crippen molar-refractivity contribution in [3.05, 3.63) is 0 Å². The van der Waals surface area contributed by atoms with E-state index in [4.69, 9.17) is 5.73 Å². The van der Waals surface area contributed by atoms with Crippen molar-refractivity contribution >= 4 is 41.7 Å². The van der Waals surface area contributed by atoms with Crippen LogP contribution >= 0.6 is 35.7 Å². The fourth-order valence-corrected chi connectivity index (χ4v) is 1.17. The number of rotatable bonds is 5. The van der Waals surface area contributed by atoms with Crippen molar-refractivity contribution in [2.75, 3.05) is 25.9 Å². The minimum atomic E-state index is 0. The molecule has 0 aromatic carbocycles. The van der Waals surface area contributed by atoms with Gasteiger partial charge in [-0.1, -0.05) is 6.92 Å². The molecule has 0 aromatic rings. The molecule has 3 nitrogen and oxygen atoms in total. The second-order valence-corrected chi connectivity index (χ2v) is 4.19. The van der Waals surface area contributed by atoms with Gasteiger partial charge < -0.3 is 10.6 Å². The molecule has 0 amide bonds. The monoisotopic (exact) mass is 331 g/mol. The molecule has 86 valence electrons. The molecule has 0 rings (SSSR count). The van der Waals surface area contributed by atoms with Crippen LogP contribution in [0.25, 0.3) is 0 Å². The van der Waals surface area contributed by atoms with E-state index in [0.29, 0.717) is 11.2 Å². The van der Waals surface area contributed by atoms with Crippen LogP contribution in [0.2, 0.25) is 0 Å². The number of hydrogen-bond acceptors (Lipinski definition) is 2. The number of aliphatic imine (C=N–C) groups is 1. The Morgan fingerprint density at radius 2 is 1.93 bits per heavy atom. The third-order valence-electron chi connectivity index (χ3n) is 2.00. The standard InChI is InChI=1S/C9H21N3S.HI/c1-5-12(6-2)9(10)11-7-8(3)13-4;/h8H,5-7H2,1-4H3,(H2,10,11);1H. The molecule has 1 atom stereocenters. The highest BCUT2D eigenvalue weighted by Crippen LogP contribution is 2.04. The summed E-state index contributed by atoms with van der Waals surface area (Å²) >= 11 is 1.81. The predicted octanol–water partition coefficient (Wildman–Crippen LogP) is 2.01. The Hall–Kier alpha value is 0.350. The smallest absolute Gasteiger partial charge is 0.191 e. The van der Waals surface area contributed by atoms with E-state index in [1.54, 1.807) is 0 Å². The van der Waals surface area contributed by atoms with E-state index in [-0.39, 0.29) is 24.0 Å². The number of nitrogens with two attached hydrogens (primary N) is 1. The van der Waals surface area contributed by atoms with Crippen molar-refractivity contribution in [2.24, 2.45) is 10.7 Å². The zero-order valence-corrected chi connectivity index (χ0v) is 12.6. The van der Waals surface area contributed by atoms with Crippen LogP contribution in [0.1, 0.15) is 20.8 Å². The van der Waals surface area contributed by atoms with E-state index >= 15 is 0 Å². The molecule has 0 aromatic heterocycles. The van der Waals surface area contributed by atoms with E-state index in [0.717, 1.165) is 19.6 Å². The highest BCUT2D eigenvalue weighted by molar-refractivity contribution is 14.0. The van der Waals surface area contributed by atoms with Crippen LogP contribution < -0.4 is 5.73 Å². The highest BCUT2D eigenvalue weighted by Gasteiger charge is 2.02. The van der Waals surface area contributed by atoms with Crippen molar-refractivity contribution in [1.82, 2.24) is 4.90 Å². The Balaban J connectivity index is 0. The SMILES string of the molecule is CCN(CC)C(N)=NCC(C)SC.I. The van der Waals surface area contributed by atoms with E-state index < -0.39 is 0 Å². The fourth-order valence-electron chi connectivity index (χ4n) is 0.944. The first-order chi connectivity index (χ1) is 6.15. The van der Waals surface area contributed by atoms with Gasteiger partial charge in [0.15, 0.2) is 5.96 Å². The van der Waals surface area contributed by atoms with Gasteiger partial charge in [-0.25, -0.2) is 0 Å². The summed E-state index contributed by atoms with van der Waals surface area (Å²) in [6.45, 7) is 9.00. The normalized spacial score (nSPS) is 13.3. The van der Waals surface area contributed by atoms with Crippen LogP contribution in [0.15, 0.2) is 4.99 Å². The van der Waals surface area contributed by atoms with Gasteiger partial charge in [0.25, 0.3) is 0 Å². The maximum Gasteiger partial charge on any atom is 0.191 e. The van der Waals surface area contributed by atoms with Crippen molar-refractivity contribution in [1.29, 1.82) is 0 Å². The van der Waals surface area contributed by atoms with E-state index in [9.17, 15) is 0 Å². The number of halogens is 1. The summed E-state index contributed by atoms with van der Waals surface area (Å²) in [6.07, 6.45) is 2.09. The van der Waals surface area contributed by atoms with Crippen LogP contribution in [-0.2, 0) is 0 Å². The first-order valence-corrected chi connectivity index (χ1v) is 6.02. The summed E-state index contributed by atoms with van der Waals surface area (Å²) in [5, 5.41) is 0.550. The van der Waals surface area contributed by atoms with Gasteiger partial charge in [0, 0.05) is 18.3 Å². The van der Waals surface area contributed by atoms with Crippen LogP contribution in [0.3, 0.4) is 0 Å². The van der Waals surface area contributed by atoms with Crippen molar-refractivity contribution in [3.63, 3.8) is 0 Å². The van der Waals surface area contributed by atoms with E-state index in [1.165, 1.54) is 0 Å². The third kappa shape index (κ3) is 6.75. The molecule has 1 unspecified atom stereocenters. The topological polar surface area (TPSA) is 41.6 Å². The molecular formula is C9H22IN3S. The van der Waals surface area contributed by atoms with E-state index in [1.807, 2.05) is 11.8 Å². The molecule has 0 spiro atoms. The van der Waals surface area contributed by atoms with Gasteiger partial charge in [-0.2, -0.15) is 11.8 Å². The molecule has 2 N–H and O–H groups in total. The van der Waals surface area contributed by atoms with Gasteiger partial charge in [-0.3, -0.25) is 4.99 Å². The molecular weight excluding hydrogens is 309 g/mol. The van der Waals surface area contributed by atoms with Crippen molar-refractivity contribution in [2.45, 2.75) is 26.0 Å². The Morgan fingerprint density at radius 1 is 1.43 bits per heavy atom. The van der Waals surface area contributed by atoms with Gasteiger partial charge >= 0.3 is 0 Å². The second-order valence-electron chi connectivity index (χ2n) is 2.92. The summed E-state index contributed by atoms with van der Waals surface area (Å²) in [5.74, 6) is 0.672. The molecule has 0 aliphatic rings. The lowest BCUT2D eigenvalue weighted by molar-refractivity contribution is 0.458. The van der Waals surface area contributed by atoms with E-state index in [2.05, 4.69) is 36.9 Å². The first kappa shape index (κ1) is 16.8. The summed E-state index contributed by atoms with van der Waals surface area (Å²) in [6, 6.07) is 0. The molecule has 0 saturated heterocycles. The lowest BCUT2D eigenvalue weighted by Gasteiger charge is -2.19. The molecule has 0 aliphatic heterocycles. The molecule has 0 heterocycles. The maximum absolute atomic E-state index is 5.81. The Morgan fingerprint density at radius 3 is 2.29 bits per heavy atom. The van der Waals surface area contributed by atoms with Gasteiger partial charge in [-0.15, -0.1) is 24.0 Å². The summed E-state index contributed by atoms with van der Waals surface area (Å²) in [7, 11) is 0. The molecule has 0 fully saturated rings. The summed E-state index contributed by atoms with van der Waals surface area (Å²) < 4.78 is 0. The number of thioether (sulfide) groups is 1. The Kier molecular flexibility index (Phi) is 11.8. The zero-order valence-electron chi connectivity index (χ0n) is 9.49. The quantitative estimate of drug-likeness (QED) is 0.476. The minimum absolute atomic E-state index is 0. The van der Waals surface area contributed by atoms with Crippen LogP contribution in [0, 0.1) is 0 Å². The van der Waals surface area contributed by atoms with Crippen molar-refractivity contribution in [3.8, 4) is 0 Å². The average molecular weight is 331 g/mol. The Labute approximate surface area is 109 Å². The Bertz CT molecular complexity index is 160. The van der Waals surface area contributed by atoms with Crippen molar-refractivity contribution < 1.29 is 0 Å². The molecule has 0 saturated carbocycles. The van der Waals surface area contributed by atoms with Crippen LogP contribution in [-0.4, -0.2) is 42.0 Å². The van der Waals surface area contributed by atoms with Crippen LogP contribution in [0.5, 0.6) is 0 Å². The van der Waals surface area contributed by atoms with Gasteiger partial charge in [0.1, 0.15) is 0 Å². The van der Waals surface area contributed by atoms with Gasteiger partial charge in [0.05, 0.1) is 6.54 Å².